The summed E-state index contributed by atoms with van der Waals surface area (Å²) in [6, 6.07) is 0. The molecule has 0 fully saturated rings. The molecule has 0 unspecified atom stereocenters. The zero-order valence-electron chi connectivity index (χ0n) is 2.81. The number of hydrogen-bond acceptors (Lipinski definition) is 2. The van der Waals surface area contributed by atoms with E-state index in [1.165, 1.54) is 0 Å². The van der Waals surface area contributed by atoms with E-state index in [1.807, 2.05) is 0 Å². The second kappa shape index (κ2) is 3.25. The molecular formula is C2H3Cl2NO. The Balaban J connectivity index is 3.03. The standard InChI is InChI=1S/C2H3Cl2NO/c3-2(4)1-5-6/h1-2,6H/b5-1+. The van der Waals surface area contributed by atoms with E-state index in [-0.39, 0.29) is 0 Å². The van der Waals surface area contributed by atoms with Crippen molar-refractivity contribution in [2.75, 3.05) is 0 Å². The molecule has 0 aliphatic carbocycles. The molecule has 0 aliphatic heterocycles. The highest BCUT2D eigenvalue weighted by atomic mass is 35.5. The predicted molar refractivity (Wildman–Crippen MR) is 25.8 cm³/mol. The van der Waals surface area contributed by atoms with Crippen molar-refractivity contribution < 1.29 is 5.21 Å². The van der Waals surface area contributed by atoms with Crippen molar-refractivity contribution in [3.8, 4) is 0 Å². The van der Waals surface area contributed by atoms with Crippen LogP contribution in [0.25, 0.3) is 0 Å². The maximum Gasteiger partial charge on any atom is 0.146 e. The Morgan fingerprint density at radius 2 is 2.17 bits per heavy atom. The topological polar surface area (TPSA) is 32.6 Å². The van der Waals surface area contributed by atoms with Gasteiger partial charge in [-0.05, 0) is 0 Å². The van der Waals surface area contributed by atoms with Crippen molar-refractivity contribution in [2.24, 2.45) is 5.16 Å². The second-order valence-corrected chi connectivity index (χ2v) is 1.76. The van der Waals surface area contributed by atoms with Gasteiger partial charge in [-0.15, -0.1) is 0 Å². The summed E-state index contributed by atoms with van der Waals surface area (Å²) in [4.78, 5) is -0.699. The van der Waals surface area contributed by atoms with Gasteiger partial charge in [-0.3, -0.25) is 0 Å². The van der Waals surface area contributed by atoms with Crippen LogP contribution < -0.4 is 0 Å². The molecule has 0 radical (unpaired) electrons. The summed E-state index contributed by atoms with van der Waals surface area (Å²) in [6.45, 7) is 0. The molecule has 0 aromatic carbocycles. The average Bonchev–Trinajstić information content (AvgIpc) is 1.35. The maximum atomic E-state index is 7.64. The van der Waals surface area contributed by atoms with Crippen LogP contribution >= 0.6 is 23.2 Å². The van der Waals surface area contributed by atoms with Crippen molar-refractivity contribution in [3.63, 3.8) is 0 Å². The quantitative estimate of drug-likeness (QED) is 0.245. The molecule has 0 saturated carbocycles. The molecule has 0 rings (SSSR count). The third-order valence-corrected chi connectivity index (χ3v) is 0.405. The van der Waals surface area contributed by atoms with Crippen LogP contribution in [0.4, 0.5) is 0 Å². The summed E-state index contributed by atoms with van der Waals surface area (Å²) in [5.74, 6) is 0. The first-order valence-electron chi connectivity index (χ1n) is 1.23. The zero-order chi connectivity index (χ0) is 4.99. The lowest BCUT2D eigenvalue weighted by molar-refractivity contribution is 0.321. The van der Waals surface area contributed by atoms with Crippen molar-refractivity contribution in [1.29, 1.82) is 0 Å². The van der Waals surface area contributed by atoms with Crippen LogP contribution in [-0.4, -0.2) is 16.3 Å². The highest BCUT2D eigenvalue weighted by molar-refractivity contribution is 6.51. The van der Waals surface area contributed by atoms with Crippen LogP contribution in [-0.2, 0) is 0 Å². The van der Waals surface area contributed by atoms with Crippen LogP contribution in [0.5, 0.6) is 0 Å². The summed E-state index contributed by atoms with van der Waals surface area (Å²) >= 11 is 10.1. The van der Waals surface area contributed by atoms with E-state index in [2.05, 4.69) is 5.16 Å². The van der Waals surface area contributed by atoms with Gasteiger partial charge in [0.05, 0.1) is 6.21 Å². The van der Waals surface area contributed by atoms with E-state index in [1.54, 1.807) is 0 Å². The molecule has 36 valence electrons. The molecule has 0 atom stereocenters. The molecule has 6 heavy (non-hydrogen) atoms. The first-order valence-corrected chi connectivity index (χ1v) is 2.10. The second-order valence-electron chi connectivity index (χ2n) is 0.599. The third-order valence-electron chi connectivity index (χ3n) is 0.179. The lowest BCUT2D eigenvalue weighted by Crippen LogP contribution is -1.83. The third kappa shape index (κ3) is 4.05. The van der Waals surface area contributed by atoms with Crippen LogP contribution in [0, 0.1) is 0 Å². The predicted octanol–water partition coefficient (Wildman–Crippen LogP) is 1.25. The van der Waals surface area contributed by atoms with Gasteiger partial charge < -0.3 is 5.21 Å². The molecule has 4 heteroatoms. The summed E-state index contributed by atoms with van der Waals surface area (Å²) in [6.07, 6.45) is 1.00. The Labute approximate surface area is 45.4 Å². The Kier molecular flexibility index (Phi) is 3.28. The number of alkyl halides is 2. The van der Waals surface area contributed by atoms with Gasteiger partial charge in [-0.25, -0.2) is 0 Å². The number of hydrogen-bond donors (Lipinski definition) is 1. The highest BCUT2D eigenvalue weighted by Gasteiger charge is 1.86. The van der Waals surface area contributed by atoms with E-state index < -0.39 is 4.84 Å². The van der Waals surface area contributed by atoms with Crippen LogP contribution in [0.2, 0.25) is 0 Å². The Hall–Kier alpha value is 0.0500. The van der Waals surface area contributed by atoms with Gasteiger partial charge >= 0.3 is 0 Å². The van der Waals surface area contributed by atoms with Crippen LogP contribution in [0.15, 0.2) is 5.16 Å². The number of rotatable bonds is 1. The summed E-state index contributed by atoms with van der Waals surface area (Å²) in [5.41, 5.74) is 0. The molecule has 2 nitrogen and oxygen atoms in total. The van der Waals surface area contributed by atoms with Crippen molar-refractivity contribution >= 4 is 29.4 Å². The molecule has 0 heterocycles. The van der Waals surface area contributed by atoms with E-state index in [0.29, 0.717) is 0 Å². The smallest absolute Gasteiger partial charge is 0.146 e. The lowest BCUT2D eigenvalue weighted by Gasteiger charge is -1.78. The van der Waals surface area contributed by atoms with Crippen molar-refractivity contribution in [3.05, 3.63) is 0 Å². The summed E-state index contributed by atoms with van der Waals surface area (Å²) in [5, 5.41) is 10.2. The minimum Gasteiger partial charge on any atom is -0.411 e. The molecule has 0 aromatic rings. The summed E-state index contributed by atoms with van der Waals surface area (Å²) in [7, 11) is 0. The Bertz CT molecular complexity index is 53.5. The first kappa shape index (κ1) is 6.05. The fourth-order valence-corrected chi connectivity index (χ4v) is 0.151. The van der Waals surface area contributed by atoms with E-state index in [4.69, 9.17) is 28.4 Å². The lowest BCUT2D eigenvalue weighted by atomic mass is 10.9. The van der Waals surface area contributed by atoms with Gasteiger partial charge in [-0.2, -0.15) is 0 Å². The van der Waals surface area contributed by atoms with Gasteiger partial charge in [0.25, 0.3) is 0 Å². The zero-order valence-corrected chi connectivity index (χ0v) is 4.32. The van der Waals surface area contributed by atoms with Gasteiger partial charge in [0.1, 0.15) is 4.84 Å². The molecule has 0 spiro atoms. The van der Waals surface area contributed by atoms with Gasteiger partial charge in [0.15, 0.2) is 0 Å². The van der Waals surface area contributed by atoms with Gasteiger partial charge in [-0.1, -0.05) is 28.4 Å². The Morgan fingerprint density at radius 3 is 2.17 bits per heavy atom. The molecule has 0 saturated heterocycles. The van der Waals surface area contributed by atoms with Crippen molar-refractivity contribution in [1.82, 2.24) is 0 Å². The minimum atomic E-state index is -0.699. The minimum absolute atomic E-state index is 0.699. The summed E-state index contributed by atoms with van der Waals surface area (Å²) < 4.78 is 0. The molecule has 0 aromatic heterocycles. The maximum absolute atomic E-state index is 7.64. The monoisotopic (exact) mass is 127 g/mol. The highest BCUT2D eigenvalue weighted by Crippen LogP contribution is 1.94. The van der Waals surface area contributed by atoms with Crippen LogP contribution in [0.1, 0.15) is 0 Å². The number of nitrogens with zero attached hydrogens (tertiary/aromatic N) is 1. The van der Waals surface area contributed by atoms with E-state index >= 15 is 0 Å². The largest absolute Gasteiger partial charge is 0.411 e. The number of oxime groups is 1. The van der Waals surface area contributed by atoms with Gasteiger partial charge in [0.2, 0.25) is 0 Å². The normalized spacial score (nSPS) is 11.2. The fourth-order valence-electron chi connectivity index (χ4n) is 0.0504. The molecule has 0 amide bonds. The average molecular weight is 128 g/mol. The molecule has 0 aliphatic rings. The number of halogens is 2. The van der Waals surface area contributed by atoms with Crippen LogP contribution in [0.3, 0.4) is 0 Å². The van der Waals surface area contributed by atoms with Crippen molar-refractivity contribution in [2.45, 2.75) is 4.84 Å². The molecule has 0 bridgehead atoms. The van der Waals surface area contributed by atoms with E-state index in [0.717, 1.165) is 6.21 Å². The SMILES string of the molecule is O/N=C/C(Cl)Cl. The van der Waals surface area contributed by atoms with E-state index in [9.17, 15) is 0 Å². The Morgan fingerprint density at radius 1 is 1.67 bits per heavy atom. The molecular weight excluding hydrogens is 125 g/mol. The van der Waals surface area contributed by atoms with Gasteiger partial charge in [0, 0.05) is 0 Å². The molecule has 1 N–H and O–H groups in total. The first-order chi connectivity index (χ1) is 2.77. The fraction of sp³-hybridized carbons (Fsp3) is 0.500.